The van der Waals surface area contributed by atoms with Crippen molar-refractivity contribution >= 4 is 11.0 Å². The molecule has 5 nitrogen and oxygen atoms in total. The molecule has 0 spiro atoms. The minimum atomic E-state index is -0.147. The van der Waals surface area contributed by atoms with Gasteiger partial charge in [-0.15, -0.1) is 0 Å². The van der Waals surface area contributed by atoms with Crippen LogP contribution in [-0.2, 0) is 6.42 Å². The van der Waals surface area contributed by atoms with Crippen LogP contribution in [0.3, 0.4) is 0 Å². The Bertz CT molecular complexity index is 1230. The first-order valence-electron chi connectivity index (χ1n) is 11.0. The van der Waals surface area contributed by atoms with Crippen LogP contribution in [0, 0.1) is 0 Å². The summed E-state index contributed by atoms with van der Waals surface area (Å²) in [7, 11) is 4.76. The molecule has 1 aromatic heterocycles. The molecule has 0 saturated carbocycles. The second-order valence-electron chi connectivity index (χ2n) is 8.25. The van der Waals surface area contributed by atoms with E-state index in [-0.39, 0.29) is 5.43 Å². The summed E-state index contributed by atoms with van der Waals surface area (Å²) in [5.41, 5.74) is 4.98. The Labute approximate surface area is 195 Å². The van der Waals surface area contributed by atoms with Gasteiger partial charge in [0.1, 0.15) is 34.5 Å². The van der Waals surface area contributed by atoms with Crippen LogP contribution < -0.4 is 19.6 Å². The highest BCUT2D eigenvalue weighted by molar-refractivity contribution is 5.91. The highest BCUT2D eigenvalue weighted by atomic mass is 16.5. The van der Waals surface area contributed by atoms with Gasteiger partial charge in [-0.2, -0.15) is 0 Å². The van der Waals surface area contributed by atoms with E-state index in [4.69, 9.17) is 18.6 Å². The molecule has 1 heterocycles. The van der Waals surface area contributed by atoms with Crippen LogP contribution in [0.5, 0.6) is 17.2 Å². The molecule has 2 aromatic carbocycles. The zero-order valence-electron chi connectivity index (χ0n) is 20.3. The lowest BCUT2D eigenvalue weighted by Gasteiger charge is -2.14. The zero-order chi connectivity index (χ0) is 24.0. The smallest absolute Gasteiger partial charge is 0.204 e. The van der Waals surface area contributed by atoms with Crippen LogP contribution in [0.25, 0.3) is 22.1 Å². The van der Waals surface area contributed by atoms with Crippen LogP contribution in [0.15, 0.2) is 69.1 Å². The van der Waals surface area contributed by atoms with Crippen molar-refractivity contribution in [3.63, 3.8) is 0 Å². The Balaban J connectivity index is 2.09. The maximum absolute atomic E-state index is 13.5. The van der Waals surface area contributed by atoms with Crippen molar-refractivity contribution in [2.45, 2.75) is 40.0 Å². The van der Waals surface area contributed by atoms with Gasteiger partial charge in [0.15, 0.2) is 0 Å². The van der Waals surface area contributed by atoms with Gasteiger partial charge in [0.05, 0.1) is 26.9 Å². The Morgan fingerprint density at radius 1 is 0.939 bits per heavy atom. The molecule has 0 unspecified atom stereocenters. The van der Waals surface area contributed by atoms with E-state index in [0.717, 1.165) is 29.7 Å². The van der Waals surface area contributed by atoms with Crippen molar-refractivity contribution in [2.24, 2.45) is 0 Å². The third kappa shape index (κ3) is 5.48. The Kier molecular flexibility index (Phi) is 7.99. The number of hydrogen-bond donors (Lipinski definition) is 0. The molecule has 0 aliphatic carbocycles. The van der Waals surface area contributed by atoms with Crippen LogP contribution in [-0.4, -0.2) is 21.3 Å². The summed E-state index contributed by atoms with van der Waals surface area (Å²) in [5.74, 6) is 1.78. The summed E-state index contributed by atoms with van der Waals surface area (Å²) >= 11 is 0. The lowest BCUT2D eigenvalue weighted by molar-refractivity contribution is 0.393. The fraction of sp³-hybridized carbons (Fsp3) is 0.321. The second kappa shape index (κ2) is 10.9. The van der Waals surface area contributed by atoms with Crippen molar-refractivity contribution in [1.82, 2.24) is 0 Å². The maximum Gasteiger partial charge on any atom is 0.204 e. The summed E-state index contributed by atoms with van der Waals surface area (Å²) < 4.78 is 22.5. The van der Waals surface area contributed by atoms with Gasteiger partial charge >= 0.3 is 0 Å². The average molecular weight is 449 g/mol. The second-order valence-corrected chi connectivity index (χ2v) is 8.25. The summed E-state index contributed by atoms with van der Waals surface area (Å²) in [6, 6.07) is 9.08. The fourth-order valence-corrected chi connectivity index (χ4v) is 3.78. The molecule has 0 saturated heterocycles. The molecular weight excluding hydrogens is 416 g/mol. The lowest BCUT2D eigenvalue weighted by atomic mass is 10.00. The molecule has 0 aliphatic rings. The predicted octanol–water partition coefficient (Wildman–Crippen LogP) is 6.72. The third-order valence-electron chi connectivity index (χ3n) is 5.66. The predicted molar refractivity (Wildman–Crippen MR) is 134 cm³/mol. The molecule has 174 valence electrons. The number of hydrogen-bond acceptors (Lipinski definition) is 5. The fourth-order valence-electron chi connectivity index (χ4n) is 3.78. The quantitative estimate of drug-likeness (QED) is 0.340. The van der Waals surface area contributed by atoms with Gasteiger partial charge < -0.3 is 18.6 Å². The number of ether oxygens (including phenoxy) is 3. The molecule has 3 aromatic rings. The van der Waals surface area contributed by atoms with E-state index in [2.05, 4.69) is 32.9 Å². The minimum Gasteiger partial charge on any atom is -0.497 e. The minimum absolute atomic E-state index is 0.147. The lowest BCUT2D eigenvalue weighted by Crippen LogP contribution is -2.08. The highest BCUT2D eigenvalue weighted by Crippen LogP contribution is 2.36. The van der Waals surface area contributed by atoms with Crippen molar-refractivity contribution in [2.75, 3.05) is 21.3 Å². The first kappa shape index (κ1) is 24.2. The van der Waals surface area contributed by atoms with E-state index in [1.807, 2.05) is 24.3 Å². The van der Waals surface area contributed by atoms with Crippen LogP contribution in [0.4, 0.5) is 0 Å². The first-order chi connectivity index (χ1) is 15.9. The highest BCUT2D eigenvalue weighted by Gasteiger charge is 2.20. The van der Waals surface area contributed by atoms with Gasteiger partial charge in [-0.1, -0.05) is 35.4 Å². The van der Waals surface area contributed by atoms with Crippen LogP contribution in [0.1, 0.15) is 39.2 Å². The summed E-state index contributed by atoms with van der Waals surface area (Å²) in [4.78, 5) is 13.5. The number of fused-ring (bicyclic) bond motifs is 1. The van der Waals surface area contributed by atoms with Gasteiger partial charge in [-0.25, -0.2) is 0 Å². The Hall–Kier alpha value is -3.47. The molecule has 3 rings (SSSR count). The molecular formula is C28H32O5. The van der Waals surface area contributed by atoms with E-state index in [1.165, 1.54) is 17.4 Å². The van der Waals surface area contributed by atoms with Crippen LogP contribution >= 0.6 is 0 Å². The summed E-state index contributed by atoms with van der Waals surface area (Å²) in [5, 5.41) is 0.414. The molecule has 0 N–H and O–H groups in total. The van der Waals surface area contributed by atoms with Crippen molar-refractivity contribution < 1.29 is 18.6 Å². The topological polar surface area (TPSA) is 57.9 Å². The number of benzene rings is 2. The zero-order valence-corrected chi connectivity index (χ0v) is 20.3. The largest absolute Gasteiger partial charge is 0.497 e. The average Bonchev–Trinajstić information content (AvgIpc) is 2.82. The van der Waals surface area contributed by atoms with E-state index in [1.54, 1.807) is 27.4 Å². The first-order valence-corrected chi connectivity index (χ1v) is 11.0. The SMILES string of the molecule is COc1ccc(-c2coc3c(C/C=C(\C)CCC=C(C)C)c(OC)cc(OC)c3c2=O)cc1. The van der Waals surface area contributed by atoms with E-state index in [9.17, 15) is 4.79 Å². The Morgan fingerprint density at radius 3 is 2.24 bits per heavy atom. The molecule has 0 atom stereocenters. The standard InChI is InChI=1S/C28H32O5/c1-18(2)8-7-9-19(3)10-15-22-24(31-5)16-25(32-6)26-27(29)23(17-33-28(22)26)20-11-13-21(30-4)14-12-20/h8,10-14,16-17H,7,9,15H2,1-6H3/b19-10+. The van der Waals surface area contributed by atoms with E-state index < -0.39 is 0 Å². The molecule has 5 heteroatoms. The summed E-state index contributed by atoms with van der Waals surface area (Å²) in [6.07, 6.45) is 8.49. The summed E-state index contributed by atoms with van der Waals surface area (Å²) in [6.45, 7) is 6.33. The molecule has 33 heavy (non-hydrogen) atoms. The third-order valence-corrected chi connectivity index (χ3v) is 5.66. The number of methoxy groups -OCH3 is 3. The van der Waals surface area contributed by atoms with Crippen molar-refractivity contribution in [3.05, 3.63) is 75.7 Å². The van der Waals surface area contributed by atoms with Gasteiger partial charge in [0, 0.05) is 11.6 Å². The molecule has 0 radical (unpaired) electrons. The van der Waals surface area contributed by atoms with Crippen LogP contribution in [0.2, 0.25) is 0 Å². The van der Waals surface area contributed by atoms with Gasteiger partial charge in [-0.05, 0) is 57.7 Å². The van der Waals surface area contributed by atoms with Gasteiger partial charge in [0.25, 0.3) is 0 Å². The molecule has 0 amide bonds. The maximum atomic E-state index is 13.5. The van der Waals surface area contributed by atoms with E-state index in [0.29, 0.717) is 34.5 Å². The monoisotopic (exact) mass is 448 g/mol. The van der Waals surface area contributed by atoms with Crippen molar-refractivity contribution in [1.29, 1.82) is 0 Å². The van der Waals surface area contributed by atoms with E-state index >= 15 is 0 Å². The van der Waals surface area contributed by atoms with Gasteiger partial charge in [-0.3, -0.25) is 4.79 Å². The normalized spacial score (nSPS) is 11.4. The Morgan fingerprint density at radius 2 is 1.64 bits per heavy atom. The van der Waals surface area contributed by atoms with Crippen molar-refractivity contribution in [3.8, 4) is 28.4 Å². The number of allylic oxidation sites excluding steroid dienone is 4. The molecule has 0 fully saturated rings. The molecule has 0 bridgehead atoms. The number of rotatable bonds is 9. The molecule has 0 aliphatic heterocycles. The van der Waals surface area contributed by atoms with Gasteiger partial charge in [0.2, 0.25) is 5.43 Å².